The molecule has 0 unspecified atom stereocenters. The van der Waals surface area contributed by atoms with Crippen LogP contribution >= 0.6 is 23.1 Å². The summed E-state index contributed by atoms with van der Waals surface area (Å²) in [5.41, 5.74) is 0. The molecule has 0 aliphatic carbocycles. The van der Waals surface area contributed by atoms with Crippen molar-refractivity contribution in [1.29, 1.82) is 0 Å². The highest BCUT2D eigenvalue weighted by Gasteiger charge is 2.06. The predicted molar refractivity (Wildman–Crippen MR) is 99.1 cm³/mol. The third-order valence-electron chi connectivity index (χ3n) is 2.86. The summed E-state index contributed by atoms with van der Waals surface area (Å²) in [7, 11) is 0. The number of nitrogens with zero attached hydrogens (tertiary/aromatic N) is 2. The van der Waals surface area contributed by atoms with E-state index in [0.717, 1.165) is 11.3 Å². The molecule has 2 rings (SSSR count). The highest BCUT2D eigenvalue weighted by molar-refractivity contribution is 7.99. The monoisotopic (exact) mass is 366 g/mol. The van der Waals surface area contributed by atoms with Crippen molar-refractivity contribution in [3.8, 4) is 0 Å². The number of carbonyl (C=O) groups excluding carboxylic acids is 1. The number of amides is 1. The first-order valence-corrected chi connectivity index (χ1v) is 9.65. The van der Waals surface area contributed by atoms with E-state index in [0.29, 0.717) is 29.9 Å². The van der Waals surface area contributed by atoms with Gasteiger partial charge in [-0.05, 0) is 43.9 Å². The maximum atomic E-state index is 11.8. The van der Waals surface area contributed by atoms with Crippen molar-refractivity contribution < 1.29 is 9.53 Å². The van der Waals surface area contributed by atoms with Crippen molar-refractivity contribution in [2.75, 3.05) is 18.9 Å². The molecule has 6 nitrogen and oxygen atoms in total. The highest BCUT2D eigenvalue weighted by atomic mass is 32.2. The minimum absolute atomic E-state index is 0.0231. The van der Waals surface area contributed by atoms with Crippen LogP contribution in [0.25, 0.3) is 12.2 Å². The average Bonchev–Trinajstić information content (AvgIpc) is 3.22. The van der Waals surface area contributed by atoms with Crippen molar-refractivity contribution >= 4 is 41.2 Å². The van der Waals surface area contributed by atoms with Crippen LogP contribution in [0.5, 0.6) is 0 Å². The van der Waals surface area contributed by atoms with E-state index in [2.05, 4.69) is 20.5 Å². The molecule has 24 heavy (non-hydrogen) atoms. The Bertz CT molecular complexity index is 638. The minimum atomic E-state index is -0.0231. The van der Waals surface area contributed by atoms with Crippen LogP contribution in [0.2, 0.25) is 0 Å². The molecule has 130 valence electrons. The van der Waals surface area contributed by atoms with Crippen LogP contribution in [-0.4, -0.2) is 46.1 Å². The highest BCUT2D eigenvalue weighted by Crippen LogP contribution is 2.14. The molecule has 1 amide bonds. The van der Waals surface area contributed by atoms with E-state index in [-0.39, 0.29) is 12.0 Å². The molecular weight excluding hydrogens is 344 g/mol. The first kappa shape index (κ1) is 18.7. The lowest BCUT2D eigenvalue weighted by atomic mass is 10.4. The molecule has 0 aliphatic heterocycles. The summed E-state index contributed by atoms with van der Waals surface area (Å²) in [4.78, 5) is 17.2. The van der Waals surface area contributed by atoms with E-state index >= 15 is 0 Å². The van der Waals surface area contributed by atoms with Crippen LogP contribution in [-0.2, 0) is 9.53 Å². The lowest BCUT2D eigenvalue weighted by Gasteiger charge is -2.07. The number of carbonyl (C=O) groups is 1. The standard InChI is InChI=1S/C16H22N4O2S2/c1-12(2)22-9-4-8-17-15(21)11-24-16-18-14(19-20-16)7-6-13-5-3-10-23-13/h3,5-7,10,12H,4,8-9,11H2,1-2H3,(H,17,21)(H,18,19,20)/b7-6+. The van der Waals surface area contributed by atoms with Crippen LogP contribution < -0.4 is 5.32 Å². The lowest BCUT2D eigenvalue weighted by Crippen LogP contribution is -2.27. The molecule has 0 saturated carbocycles. The number of thioether (sulfide) groups is 1. The Kier molecular flexibility index (Phi) is 8.00. The molecule has 0 fully saturated rings. The molecule has 0 aliphatic rings. The summed E-state index contributed by atoms with van der Waals surface area (Å²) in [6.45, 7) is 5.27. The van der Waals surface area contributed by atoms with Gasteiger partial charge in [0.2, 0.25) is 11.1 Å². The zero-order valence-corrected chi connectivity index (χ0v) is 15.5. The second-order valence-corrected chi connectivity index (χ2v) is 7.19. The van der Waals surface area contributed by atoms with Gasteiger partial charge in [-0.3, -0.25) is 9.89 Å². The Hall–Kier alpha value is -1.64. The molecule has 8 heteroatoms. The number of H-pyrrole nitrogens is 1. The van der Waals surface area contributed by atoms with Gasteiger partial charge >= 0.3 is 0 Å². The molecular formula is C16H22N4O2S2. The zero-order valence-electron chi connectivity index (χ0n) is 13.8. The summed E-state index contributed by atoms with van der Waals surface area (Å²) in [5, 5.41) is 12.4. The Labute approximate surface area is 150 Å². The van der Waals surface area contributed by atoms with Crippen molar-refractivity contribution in [3.05, 3.63) is 28.2 Å². The van der Waals surface area contributed by atoms with Crippen molar-refractivity contribution in [1.82, 2.24) is 20.5 Å². The number of nitrogens with one attached hydrogen (secondary N) is 2. The number of rotatable bonds is 10. The molecule has 0 saturated heterocycles. The largest absolute Gasteiger partial charge is 0.379 e. The molecule has 0 spiro atoms. The van der Waals surface area contributed by atoms with E-state index in [9.17, 15) is 4.79 Å². The van der Waals surface area contributed by atoms with Crippen molar-refractivity contribution in [3.63, 3.8) is 0 Å². The van der Waals surface area contributed by atoms with Crippen LogP contribution in [0, 0.1) is 0 Å². The third kappa shape index (κ3) is 7.29. The fraction of sp³-hybridized carbons (Fsp3) is 0.438. The molecule has 0 atom stereocenters. The predicted octanol–water partition coefficient (Wildman–Crippen LogP) is 3.06. The van der Waals surface area contributed by atoms with Gasteiger partial charge in [0, 0.05) is 18.0 Å². The summed E-state index contributed by atoms with van der Waals surface area (Å²) in [6.07, 6.45) is 4.89. The summed E-state index contributed by atoms with van der Waals surface area (Å²) >= 11 is 2.97. The van der Waals surface area contributed by atoms with Gasteiger partial charge in [-0.15, -0.1) is 16.4 Å². The van der Waals surface area contributed by atoms with Gasteiger partial charge in [-0.25, -0.2) is 4.98 Å². The molecule has 0 bridgehead atoms. The Balaban J connectivity index is 1.64. The van der Waals surface area contributed by atoms with Gasteiger partial charge in [-0.1, -0.05) is 17.8 Å². The molecule has 2 heterocycles. The zero-order chi connectivity index (χ0) is 17.2. The Morgan fingerprint density at radius 2 is 2.38 bits per heavy atom. The normalized spacial score (nSPS) is 11.5. The molecule has 0 radical (unpaired) electrons. The van der Waals surface area contributed by atoms with Crippen LogP contribution in [0.15, 0.2) is 22.7 Å². The van der Waals surface area contributed by atoms with Crippen LogP contribution in [0.3, 0.4) is 0 Å². The van der Waals surface area contributed by atoms with Crippen molar-refractivity contribution in [2.45, 2.75) is 31.5 Å². The van der Waals surface area contributed by atoms with Gasteiger partial charge in [0.15, 0.2) is 0 Å². The van der Waals surface area contributed by atoms with Crippen LogP contribution in [0.4, 0.5) is 0 Å². The summed E-state index contributed by atoms with van der Waals surface area (Å²) in [5.74, 6) is 0.957. The maximum absolute atomic E-state index is 11.8. The maximum Gasteiger partial charge on any atom is 0.230 e. The Morgan fingerprint density at radius 3 is 3.12 bits per heavy atom. The number of hydrogen-bond acceptors (Lipinski definition) is 6. The number of ether oxygens (including phenoxy) is 1. The number of hydrogen-bond donors (Lipinski definition) is 2. The second kappa shape index (κ2) is 10.3. The first-order valence-electron chi connectivity index (χ1n) is 7.78. The van der Waals surface area contributed by atoms with E-state index in [4.69, 9.17) is 4.74 Å². The average molecular weight is 367 g/mol. The quantitative estimate of drug-likeness (QED) is 0.499. The Morgan fingerprint density at radius 1 is 1.50 bits per heavy atom. The van der Waals surface area contributed by atoms with E-state index < -0.39 is 0 Å². The van der Waals surface area contributed by atoms with E-state index in [1.807, 2.05) is 43.5 Å². The van der Waals surface area contributed by atoms with Gasteiger partial charge in [-0.2, -0.15) is 0 Å². The van der Waals surface area contributed by atoms with Crippen LogP contribution in [0.1, 0.15) is 31.0 Å². The summed E-state index contributed by atoms with van der Waals surface area (Å²) in [6, 6.07) is 4.03. The second-order valence-electron chi connectivity index (χ2n) is 5.26. The molecule has 2 N–H and O–H groups in total. The minimum Gasteiger partial charge on any atom is -0.379 e. The fourth-order valence-electron chi connectivity index (χ4n) is 1.74. The van der Waals surface area contributed by atoms with Gasteiger partial charge in [0.1, 0.15) is 5.82 Å². The topological polar surface area (TPSA) is 79.9 Å². The number of aromatic nitrogens is 3. The summed E-state index contributed by atoms with van der Waals surface area (Å²) < 4.78 is 5.42. The molecule has 2 aromatic heterocycles. The third-order valence-corrected chi connectivity index (χ3v) is 4.54. The first-order chi connectivity index (χ1) is 11.6. The fourth-order valence-corrected chi connectivity index (χ4v) is 3.00. The number of aromatic amines is 1. The van der Waals surface area contributed by atoms with Gasteiger partial charge < -0.3 is 10.1 Å². The van der Waals surface area contributed by atoms with Gasteiger partial charge in [0.05, 0.1) is 11.9 Å². The lowest BCUT2D eigenvalue weighted by molar-refractivity contribution is -0.118. The molecule has 0 aromatic carbocycles. The van der Waals surface area contributed by atoms with E-state index in [1.165, 1.54) is 11.8 Å². The molecule has 2 aromatic rings. The SMILES string of the molecule is CC(C)OCCCNC(=O)CSc1n[nH]c(/C=C/c2cccs2)n1. The van der Waals surface area contributed by atoms with Crippen molar-refractivity contribution in [2.24, 2.45) is 0 Å². The smallest absolute Gasteiger partial charge is 0.230 e. The van der Waals surface area contributed by atoms with E-state index in [1.54, 1.807) is 11.3 Å². The van der Waals surface area contributed by atoms with Gasteiger partial charge in [0.25, 0.3) is 0 Å². The number of thiophene rings is 1.